The second-order valence-electron chi connectivity index (χ2n) is 11.6. The molecule has 224 valence electrons. The summed E-state index contributed by atoms with van der Waals surface area (Å²) in [6.07, 6.45) is 4.47. The number of likely N-dealkylation sites (N-methyl/N-ethyl adjacent to an activating group) is 1. The van der Waals surface area contributed by atoms with E-state index >= 15 is 0 Å². The van der Waals surface area contributed by atoms with Gasteiger partial charge in [-0.25, -0.2) is 8.42 Å². The molecule has 10 heteroatoms. The molecule has 1 heterocycles. The fraction of sp³-hybridized carbons (Fsp3) is 0.548. The topological polar surface area (TPSA) is 116 Å². The Kier molecular flexibility index (Phi) is 10.1. The molecule has 0 bridgehead atoms. The number of benzene rings is 2. The molecule has 1 aliphatic carbocycles. The molecule has 1 fully saturated rings. The SMILES string of the molecule is Cc1ccc(S(=O)(=O)N(C)C[C@@H]2Oc3ccc(NC(=O)C4CCCCC4)cc3CC(=O)N([C@H](C)CO)C[C@@H]2C)cc1. The molecule has 0 radical (unpaired) electrons. The van der Waals surface area contributed by atoms with E-state index in [0.717, 1.165) is 37.7 Å². The van der Waals surface area contributed by atoms with E-state index in [0.29, 0.717) is 23.5 Å². The van der Waals surface area contributed by atoms with Crippen LogP contribution in [-0.4, -0.2) is 73.4 Å². The molecule has 0 saturated heterocycles. The molecule has 2 aromatic rings. The van der Waals surface area contributed by atoms with E-state index in [2.05, 4.69) is 5.32 Å². The largest absolute Gasteiger partial charge is 0.488 e. The standard InChI is InChI=1S/C31H43N3O6S/c1-21-10-13-27(14-11-21)41(38,39)33(4)19-29-22(2)18-34(23(3)20-35)30(36)17-25-16-26(12-15-28(25)40-29)32-31(37)24-8-6-5-7-9-24/h10-16,22-24,29,35H,5-9,17-20H2,1-4H3,(H,32,37)/t22-,23+,29-/m0/s1. The Hall–Kier alpha value is -2.95. The molecule has 9 nitrogen and oxygen atoms in total. The number of ether oxygens (including phenoxy) is 1. The van der Waals surface area contributed by atoms with Gasteiger partial charge in [0.2, 0.25) is 21.8 Å². The maximum Gasteiger partial charge on any atom is 0.242 e. The van der Waals surface area contributed by atoms with Crippen LogP contribution in [0.4, 0.5) is 5.69 Å². The second-order valence-corrected chi connectivity index (χ2v) is 13.7. The number of aryl methyl sites for hydroxylation is 1. The minimum absolute atomic E-state index is 0.00933. The van der Waals surface area contributed by atoms with Crippen LogP contribution in [0.25, 0.3) is 0 Å². The van der Waals surface area contributed by atoms with E-state index in [1.54, 1.807) is 54.3 Å². The minimum Gasteiger partial charge on any atom is -0.488 e. The molecule has 4 rings (SSSR count). The zero-order valence-electron chi connectivity index (χ0n) is 24.5. The zero-order chi connectivity index (χ0) is 29.7. The summed E-state index contributed by atoms with van der Waals surface area (Å²) in [5.41, 5.74) is 2.17. The quantitative estimate of drug-likeness (QED) is 0.484. The molecule has 1 saturated carbocycles. The summed E-state index contributed by atoms with van der Waals surface area (Å²) in [5, 5.41) is 12.9. The van der Waals surface area contributed by atoms with Crippen molar-refractivity contribution in [2.24, 2.45) is 11.8 Å². The van der Waals surface area contributed by atoms with Crippen LogP contribution in [0.15, 0.2) is 47.4 Å². The molecule has 1 aliphatic heterocycles. The molecule has 2 amide bonds. The molecule has 0 spiro atoms. The number of aliphatic hydroxyl groups excluding tert-OH is 1. The number of sulfonamides is 1. The van der Waals surface area contributed by atoms with Gasteiger partial charge in [0.25, 0.3) is 0 Å². The minimum atomic E-state index is -3.78. The van der Waals surface area contributed by atoms with E-state index in [1.807, 2.05) is 13.8 Å². The van der Waals surface area contributed by atoms with Gasteiger partial charge in [-0.2, -0.15) is 4.31 Å². The number of rotatable bonds is 8. The maximum absolute atomic E-state index is 13.5. The highest BCUT2D eigenvalue weighted by Gasteiger charge is 2.33. The number of amides is 2. The predicted molar refractivity (Wildman–Crippen MR) is 158 cm³/mol. The lowest BCUT2D eigenvalue weighted by atomic mass is 9.88. The third-order valence-electron chi connectivity index (χ3n) is 8.33. The van der Waals surface area contributed by atoms with Gasteiger partial charge in [0.1, 0.15) is 11.9 Å². The van der Waals surface area contributed by atoms with Gasteiger partial charge < -0.3 is 20.1 Å². The summed E-state index contributed by atoms with van der Waals surface area (Å²) in [6.45, 7) is 5.77. The van der Waals surface area contributed by atoms with Crippen molar-refractivity contribution in [2.75, 3.05) is 32.1 Å². The fourth-order valence-electron chi connectivity index (χ4n) is 5.58. The van der Waals surface area contributed by atoms with Gasteiger partial charge >= 0.3 is 0 Å². The first kappa shape index (κ1) is 31.0. The average Bonchev–Trinajstić information content (AvgIpc) is 3.00. The molecular weight excluding hydrogens is 542 g/mol. The molecule has 3 atom stereocenters. The Morgan fingerprint density at radius 1 is 1.15 bits per heavy atom. The zero-order valence-corrected chi connectivity index (χ0v) is 25.3. The van der Waals surface area contributed by atoms with Crippen LogP contribution in [0.2, 0.25) is 0 Å². The highest BCUT2D eigenvalue weighted by atomic mass is 32.2. The number of nitrogens with zero attached hydrogens (tertiary/aromatic N) is 2. The van der Waals surface area contributed by atoms with Gasteiger partial charge in [0, 0.05) is 36.7 Å². The van der Waals surface area contributed by atoms with Crippen molar-refractivity contribution in [3.8, 4) is 5.75 Å². The van der Waals surface area contributed by atoms with Crippen LogP contribution in [0, 0.1) is 18.8 Å². The lowest BCUT2D eigenvalue weighted by Gasteiger charge is -2.33. The van der Waals surface area contributed by atoms with E-state index in [-0.39, 0.29) is 48.1 Å². The fourth-order valence-corrected chi connectivity index (χ4v) is 6.76. The van der Waals surface area contributed by atoms with Crippen molar-refractivity contribution in [3.05, 3.63) is 53.6 Å². The van der Waals surface area contributed by atoms with Gasteiger partial charge in [-0.05, 0) is 57.0 Å². The second kappa shape index (κ2) is 13.4. The third kappa shape index (κ3) is 7.47. The van der Waals surface area contributed by atoms with E-state index < -0.39 is 22.2 Å². The van der Waals surface area contributed by atoms with E-state index in [1.165, 1.54) is 11.4 Å². The molecule has 2 aliphatic rings. The molecular formula is C31H43N3O6S. The Morgan fingerprint density at radius 3 is 2.49 bits per heavy atom. The first-order chi connectivity index (χ1) is 19.5. The Morgan fingerprint density at radius 2 is 1.83 bits per heavy atom. The van der Waals surface area contributed by atoms with Crippen LogP contribution in [-0.2, 0) is 26.0 Å². The number of aliphatic hydroxyl groups is 1. The lowest BCUT2D eigenvalue weighted by Crippen LogP contribution is -2.48. The number of carbonyl (C=O) groups excluding carboxylic acids is 2. The first-order valence-electron chi connectivity index (χ1n) is 14.5. The number of fused-ring (bicyclic) bond motifs is 1. The number of hydrogen-bond acceptors (Lipinski definition) is 6. The molecule has 2 N–H and O–H groups in total. The summed E-state index contributed by atoms with van der Waals surface area (Å²) in [7, 11) is -2.25. The summed E-state index contributed by atoms with van der Waals surface area (Å²) in [5.74, 6) is 0.0416. The van der Waals surface area contributed by atoms with Crippen LogP contribution in [0.3, 0.4) is 0 Å². The average molecular weight is 586 g/mol. The highest BCUT2D eigenvalue weighted by Crippen LogP contribution is 2.31. The smallest absolute Gasteiger partial charge is 0.242 e. The summed E-state index contributed by atoms with van der Waals surface area (Å²) in [4.78, 5) is 28.2. The Balaban J connectivity index is 1.62. The van der Waals surface area contributed by atoms with Gasteiger partial charge in [-0.15, -0.1) is 0 Å². The van der Waals surface area contributed by atoms with Gasteiger partial charge in [-0.3, -0.25) is 9.59 Å². The molecule has 0 aromatic heterocycles. The van der Waals surface area contributed by atoms with Crippen LogP contribution >= 0.6 is 0 Å². The number of hydrogen-bond donors (Lipinski definition) is 2. The lowest BCUT2D eigenvalue weighted by molar-refractivity contribution is -0.134. The number of anilines is 1. The third-order valence-corrected chi connectivity index (χ3v) is 10.2. The summed E-state index contributed by atoms with van der Waals surface area (Å²) in [6, 6.07) is 11.6. The summed E-state index contributed by atoms with van der Waals surface area (Å²) < 4.78 is 34.5. The monoisotopic (exact) mass is 585 g/mol. The van der Waals surface area contributed by atoms with Crippen LogP contribution < -0.4 is 10.1 Å². The van der Waals surface area contributed by atoms with Crippen molar-refractivity contribution in [2.45, 2.75) is 76.3 Å². The molecule has 41 heavy (non-hydrogen) atoms. The van der Waals surface area contributed by atoms with Crippen molar-refractivity contribution >= 4 is 27.5 Å². The normalized spacial score (nSPS) is 21.3. The van der Waals surface area contributed by atoms with Gasteiger partial charge in [0.15, 0.2) is 0 Å². The van der Waals surface area contributed by atoms with Crippen LogP contribution in [0.1, 0.15) is 57.1 Å². The van der Waals surface area contributed by atoms with Crippen molar-refractivity contribution < 1.29 is 27.9 Å². The maximum atomic E-state index is 13.5. The van der Waals surface area contributed by atoms with E-state index in [9.17, 15) is 23.1 Å². The van der Waals surface area contributed by atoms with Gasteiger partial charge in [-0.1, -0.05) is 43.9 Å². The number of nitrogens with one attached hydrogen (secondary N) is 1. The first-order valence-corrected chi connectivity index (χ1v) is 16.0. The summed E-state index contributed by atoms with van der Waals surface area (Å²) >= 11 is 0. The van der Waals surface area contributed by atoms with Crippen molar-refractivity contribution in [1.29, 1.82) is 0 Å². The molecule has 0 unspecified atom stereocenters. The van der Waals surface area contributed by atoms with Crippen LogP contribution in [0.5, 0.6) is 5.75 Å². The molecule has 2 aromatic carbocycles. The van der Waals surface area contributed by atoms with Crippen molar-refractivity contribution in [1.82, 2.24) is 9.21 Å². The Labute approximate surface area is 243 Å². The van der Waals surface area contributed by atoms with E-state index in [4.69, 9.17) is 4.74 Å². The highest BCUT2D eigenvalue weighted by molar-refractivity contribution is 7.89. The van der Waals surface area contributed by atoms with Crippen molar-refractivity contribution in [3.63, 3.8) is 0 Å². The predicted octanol–water partition coefficient (Wildman–Crippen LogP) is 3.98. The number of carbonyl (C=O) groups is 2. The van der Waals surface area contributed by atoms with Gasteiger partial charge in [0.05, 0.1) is 30.5 Å². The Bertz CT molecular complexity index is 1320.